The van der Waals surface area contributed by atoms with Gasteiger partial charge < -0.3 is 0 Å². The molecule has 3 aromatic heterocycles. The molecule has 0 saturated carbocycles. The summed E-state index contributed by atoms with van der Waals surface area (Å²) in [7, 11) is 0. The number of hydrogen-bond donors (Lipinski definition) is 0. The lowest BCUT2D eigenvalue weighted by Gasteiger charge is -2.05. The minimum atomic E-state index is 0.850. The second kappa shape index (κ2) is 7.13. The highest BCUT2D eigenvalue weighted by Crippen LogP contribution is 2.51. The molecule has 1 nitrogen and oxygen atoms in total. The van der Waals surface area contributed by atoms with E-state index in [4.69, 9.17) is 0 Å². The summed E-state index contributed by atoms with van der Waals surface area (Å²) >= 11 is 5.33. The minimum Gasteiger partial charge on any atom is -0.297 e. The molecule has 0 bridgehead atoms. The van der Waals surface area contributed by atoms with E-state index >= 15 is 0 Å². The Kier molecular flexibility index (Phi) is 4.35. The molecule has 4 heteroatoms. The number of fused-ring (bicyclic) bond motifs is 3. The first-order chi connectivity index (χ1) is 15.2. The molecule has 150 valence electrons. The Morgan fingerprint density at radius 3 is 2.06 bits per heavy atom. The Hall–Kier alpha value is -2.79. The second-order valence-corrected chi connectivity index (χ2v) is 11.1. The summed E-state index contributed by atoms with van der Waals surface area (Å²) in [5.74, 6) is 0. The number of aryl methyl sites for hydroxylation is 2. The fourth-order valence-electron chi connectivity index (χ4n) is 4.51. The molecule has 3 aromatic carbocycles. The Balaban J connectivity index is 1.66. The molecule has 0 spiro atoms. The summed E-state index contributed by atoms with van der Waals surface area (Å²) in [5, 5.41) is 6.43. The molecule has 0 atom stereocenters. The molecular weight excluding hydrogens is 436 g/mol. The Bertz CT molecular complexity index is 1620. The van der Waals surface area contributed by atoms with Gasteiger partial charge >= 0.3 is 0 Å². The summed E-state index contributed by atoms with van der Waals surface area (Å²) in [5.41, 5.74) is 3.70. The topological polar surface area (TPSA) is 17.1 Å². The Morgan fingerprint density at radius 2 is 1.32 bits per heavy atom. The van der Waals surface area contributed by atoms with Crippen LogP contribution in [0.3, 0.4) is 0 Å². The molecule has 3 heterocycles. The van der Waals surface area contributed by atoms with E-state index in [2.05, 4.69) is 80.6 Å². The number of carbonyl (C=O) groups is 1. The monoisotopic (exact) mass is 454 g/mol. The van der Waals surface area contributed by atoms with Crippen molar-refractivity contribution in [1.82, 2.24) is 0 Å². The van der Waals surface area contributed by atoms with Crippen LogP contribution in [-0.2, 0) is 0 Å². The molecule has 0 aliphatic rings. The van der Waals surface area contributed by atoms with Crippen molar-refractivity contribution in [1.29, 1.82) is 0 Å². The van der Waals surface area contributed by atoms with Crippen LogP contribution >= 0.6 is 34.0 Å². The third kappa shape index (κ3) is 2.76. The SMILES string of the molecule is Cc1c(C=O)sc2sc(-c3sc(-c4cccc5ccccc45)c4ccccc34)c(C)c12. The zero-order valence-electron chi connectivity index (χ0n) is 17.1. The van der Waals surface area contributed by atoms with Crippen LogP contribution in [0, 0.1) is 13.8 Å². The third-order valence-electron chi connectivity index (χ3n) is 6.03. The van der Waals surface area contributed by atoms with Crippen molar-refractivity contribution in [2.45, 2.75) is 13.8 Å². The van der Waals surface area contributed by atoms with Crippen molar-refractivity contribution in [3.8, 4) is 20.2 Å². The van der Waals surface area contributed by atoms with Crippen LogP contribution in [0.1, 0.15) is 20.8 Å². The molecule has 31 heavy (non-hydrogen) atoms. The molecule has 0 aliphatic heterocycles. The molecule has 0 saturated heterocycles. The summed E-state index contributed by atoms with van der Waals surface area (Å²) in [6.07, 6.45) is 0.991. The molecule has 0 N–H and O–H groups in total. The van der Waals surface area contributed by atoms with Crippen molar-refractivity contribution < 1.29 is 4.79 Å². The molecule has 0 aliphatic carbocycles. The summed E-state index contributed by atoms with van der Waals surface area (Å²) < 4.78 is 1.25. The number of carbonyl (C=O) groups excluding carboxylic acids is 1. The van der Waals surface area contributed by atoms with Gasteiger partial charge in [-0.2, -0.15) is 0 Å². The molecule has 6 aromatic rings. The van der Waals surface area contributed by atoms with E-state index in [0.717, 1.165) is 16.7 Å². The molecule has 0 amide bonds. The molecule has 0 radical (unpaired) electrons. The number of aldehydes is 1. The number of rotatable bonds is 3. The quantitative estimate of drug-likeness (QED) is 0.244. The summed E-state index contributed by atoms with van der Waals surface area (Å²) in [6.45, 7) is 4.27. The van der Waals surface area contributed by atoms with Crippen LogP contribution in [0.15, 0.2) is 66.7 Å². The van der Waals surface area contributed by atoms with Crippen LogP contribution in [0.2, 0.25) is 0 Å². The van der Waals surface area contributed by atoms with Gasteiger partial charge in [-0.25, -0.2) is 0 Å². The average Bonchev–Trinajstić information content (AvgIpc) is 3.44. The van der Waals surface area contributed by atoms with E-state index in [1.54, 1.807) is 11.3 Å². The third-order valence-corrected chi connectivity index (χ3v) is 10.0. The first-order valence-electron chi connectivity index (χ1n) is 10.1. The summed E-state index contributed by atoms with van der Waals surface area (Å²) in [4.78, 5) is 16.3. The van der Waals surface area contributed by atoms with Gasteiger partial charge in [0.05, 0.1) is 13.8 Å². The van der Waals surface area contributed by atoms with Crippen LogP contribution in [0.25, 0.3) is 51.1 Å². The van der Waals surface area contributed by atoms with Gasteiger partial charge in [0.1, 0.15) is 0 Å². The van der Waals surface area contributed by atoms with Gasteiger partial charge in [0.15, 0.2) is 6.29 Å². The van der Waals surface area contributed by atoms with Crippen molar-refractivity contribution in [2.75, 3.05) is 0 Å². The fraction of sp³-hybridized carbons (Fsp3) is 0.0741. The normalized spacial score (nSPS) is 11.7. The van der Waals surface area contributed by atoms with Crippen molar-refractivity contribution in [3.05, 3.63) is 82.7 Å². The smallest absolute Gasteiger partial charge is 0.160 e. The predicted octanol–water partition coefficient (Wildman–Crippen LogP) is 9.09. The van der Waals surface area contributed by atoms with E-state index < -0.39 is 0 Å². The van der Waals surface area contributed by atoms with E-state index in [0.29, 0.717) is 0 Å². The van der Waals surface area contributed by atoms with Gasteiger partial charge in [-0.05, 0) is 35.7 Å². The van der Waals surface area contributed by atoms with Gasteiger partial charge in [0.2, 0.25) is 0 Å². The van der Waals surface area contributed by atoms with Crippen LogP contribution in [0.5, 0.6) is 0 Å². The molecule has 0 unspecified atom stereocenters. The van der Waals surface area contributed by atoms with Crippen LogP contribution in [-0.4, -0.2) is 6.29 Å². The van der Waals surface area contributed by atoms with E-state index in [1.807, 2.05) is 22.7 Å². The average molecular weight is 455 g/mol. The Labute approximate surface area is 192 Å². The zero-order chi connectivity index (χ0) is 21.1. The maximum atomic E-state index is 11.4. The second-order valence-electron chi connectivity index (χ2n) is 7.76. The highest BCUT2D eigenvalue weighted by Gasteiger charge is 2.22. The minimum absolute atomic E-state index is 0.850. The highest BCUT2D eigenvalue weighted by molar-refractivity contribution is 7.41. The van der Waals surface area contributed by atoms with Crippen LogP contribution < -0.4 is 0 Å². The van der Waals surface area contributed by atoms with Crippen LogP contribution in [0.4, 0.5) is 0 Å². The van der Waals surface area contributed by atoms with E-state index in [1.165, 1.54) is 56.7 Å². The van der Waals surface area contributed by atoms with Gasteiger partial charge in [-0.15, -0.1) is 34.0 Å². The zero-order valence-corrected chi connectivity index (χ0v) is 19.5. The lowest BCUT2D eigenvalue weighted by atomic mass is 10.0. The number of benzene rings is 3. The van der Waals surface area contributed by atoms with Gasteiger partial charge in [0, 0.05) is 31.5 Å². The van der Waals surface area contributed by atoms with Crippen molar-refractivity contribution in [3.63, 3.8) is 0 Å². The lowest BCUT2D eigenvalue weighted by molar-refractivity contribution is 0.112. The number of thiophene rings is 3. The first kappa shape index (κ1) is 18.9. The fourth-order valence-corrected chi connectivity index (χ4v) is 8.72. The van der Waals surface area contributed by atoms with Crippen molar-refractivity contribution >= 4 is 71.2 Å². The standard InChI is InChI=1S/C27H18OS3/c1-15-22(14-28)29-27-23(15)16(2)24(31-27)26-21-12-6-5-11-20(21)25(30-26)19-13-7-9-17-8-3-4-10-18(17)19/h3-14H,1-2H3. The van der Waals surface area contributed by atoms with Gasteiger partial charge in [-0.3, -0.25) is 4.79 Å². The van der Waals surface area contributed by atoms with E-state index in [-0.39, 0.29) is 0 Å². The van der Waals surface area contributed by atoms with Gasteiger partial charge in [-0.1, -0.05) is 66.7 Å². The maximum Gasteiger partial charge on any atom is 0.160 e. The molecule has 6 rings (SSSR count). The predicted molar refractivity (Wildman–Crippen MR) is 138 cm³/mol. The van der Waals surface area contributed by atoms with E-state index in [9.17, 15) is 4.79 Å². The lowest BCUT2D eigenvalue weighted by Crippen LogP contribution is -1.79. The molecular formula is C27H18OS3. The summed E-state index contributed by atoms with van der Waals surface area (Å²) in [6, 6.07) is 23.9. The molecule has 0 fully saturated rings. The largest absolute Gasteiger partial charge is 0.297 e. The number of hydrogen-bond acceptors (Lipinski definition) is 4. The van der Waals surface area contributed by atoms with Crippen molar-refractivity contribution in [2.24, 2.45) is 0 Å². The Morgan fingerprint density at radius 1 is 0.645 bits per heavy atom. The maximum absolute atomic E-state index is 11.4. The first-order valence-corrected chi connectivity index (χ1v) is 12.6. The van der Waals surface area contributed by atoms with Gasteiger partial charge in [0.25, 0.3) is 0 Å². The highest BCUT2D eigenvalue weighted by atomic mass is 32.2.